The quantitative estimate of drug-likeness (QED) is 0.263. The Kier molecular flexibility index (Phi) is 8.20. The molecule has 0 saturated heterocycles. The number of anilines is 1. The van der Waals surface area contributed by atoms with Crippen LogP contribution in [0.1, 0.15) is 21.6 Å². The first-order valence-electron chi connectivity index (χ1n) is 11.1. The number of benzene rings is 2. The number of rotatable bonds is 10. The maximum Gasteiger partial charge on any atom is 0.326 e. The average molecular weight is 525 g/mol. The molecule has 0 aliphatic heterocycles. The third-order valence-electron chi connectivity index (χ3n) is 5.34. The van der Waals surface area contributed by atoms with Crippen LogP contribution < -0.4 is 10.6 Å². The summed E-state index contributed by atoms with van der Waals surface area (Å²) in [5.41, 5.74) is 2.30. The Labute approximate surface area is 217 Å². The third-order valence-corrected chi connectivity index (χ3v) is 5.97. The molecule has 2 aromatic heterocycles. The van der Waals surface area contributed by atoms with E-state index in [2.05, 4.69) is 20.6 Å². The number of aromatic nitrogens is 2. The molecule has 0 fully saturated rings. The zero-order valence-electron chi connectivity index (χ0n) is 18.9. The van der Waals surface area contributed by atoms with E-state index in [1.807, 2.05) is 18.2 Å². The van der Waals surface area contributed by atoms with Crippen LogP contribution in [0.2, 0.25) is 10.0 Å². The molecule has 0 unspecified atom stereocenters. The molecule has 2 aromatic carbocycles. The fourth-order valence-corrected chi connectivity index (χ4v) is 4.07. The molecule has 8 nitrogen and oxygen atoms in total. The van der Waals surface area contributed by atoms with E-state index in [-0.39, 0.29) is 22.0 Å². The lowest BCUT2D eigenvalue weighted by atomic mass is 10.0. The number of nitrogens with zero attached hydrogens (tertiary/aromatic N) is 2. The fourth-order valence-electron chi connectivity index (χ4n) is 3.50. The number of nitrogens with one attached hydrogen (secondary N) is 2. The molecule has 2 heterocycles. The van der Waals surface area contributed by atoms with Crippen molar-refractivity contribution in [3.8, 4) is 11.5 Å². The maximum absolute atomic E-state index is 12.6. The molecule has 0 radical (unpaired) electrons. The lowest BCUT2D eigenvalue weighted by Crippen LogP contribution is -2.42. The zero-order valence-corrected chi connectivity index (χ0v) is 20.5. The van der Waals surface area contributed by atoms with Crippen LogP contribution in [-0.4, -0.2) is 39.5 Å². The molecule has 10 heteroatoms. The van der Waals surface area contributed by atoms with E-state index in [1.54, 1.807) is 42.8 Å². The first kappa shape index (κ1) is 25.2. The average Bonchev–Trinajstić information content (AvgIpc) is 3.33. The molecule has 1 amide bonds. The number of carboxylic acids is 1. The molecule has 0 spiro atoms. The summed E-state index contributed by atoms with van der Waals surface area (Å²) in [7, 11) is 0. The highest BCUT2D eigenvalue weighted by molar-refractivity contribution is 6.39. The van der Waals surface area contributed by atoms with Crippen molar-refractivity contribution >= 4 is 40.9 Å². The van der Waals surface area contributed by atoms with E-state index in [0.29, 0.717) is 24.4 Å². The van der Waals surface area contributed by atoms with Crippen LogP contribution in [0.15, 0.2) is 77.5 Å². The number of amides is 1. The van der Waals surface area contributed by atoms with E-state index >= 15 is 0 Å². The summed E-state index contributed by atoms with van der Waals surface area (Å²) < 4.78 is 5.61. The van der Waals surface area contributed by atoms with Gasteiger partial charge in [0.2, 0.25) is 5.89 Å². The van der Waals surface area contributed by atoms with Crippen molar-refractivity contribution in [3.63, 3.8) is 0 Å². The van der Waals surface area contributed by atoms with Crippen molar-refractivity contribution in [2.75, 3.05) is 11.9 Å². The second-order valence-electron chi connectivity index (χ2n) is 7.90. The smallest absolute Gasteiger partial charge is 0.326 e. The van der Waals surface area contributed by atoms with Gasteiger partial charge in [0.25, 0.3) is 5.91 Å². The minimum absolute atomic E-state index is 0.0392. The van der Waals surface area contributed by atoms with E-state index in [4.69, 9.17) is 27.6 Å². The molecule has 4 rings (SSSR count). The van der Waals surface area contributed by atoms with Crippen LogP contribution in [-0.2, 0) is 17.6 Å². The van der Waals surface area contributed by atoms with Gasteiger partial charge in [0.15, 0.2) is 0 Å². The highest BCUT2D eigenvalue weighted by Gasteiger charge is 2.24. The van der Waals surface area contributed by atoms with E-state index in [0.717, 1.165) is 17.1 Å². The normalized spacial score (nSPS) is 11.6. The van der Waals surface area contributed by atoms with Gasteiger partial charge in [-0.15, -0.1) is 0 Å². The zero-order chi connectivity index (χ0) is 25.5. The van der Waals surface area contributed by atoms with Crippen LogP contribution in [0.4, 0.5) is 5.82 Å². The van der Waals surface area contributed by atoms with Gasteiger partial charge in [-0.05, 0) is 42.0 Å². The van der Waals surface area contributed by atoms with Crippen molar-refractivity contribution in [3.05, 3.63) is 100.0 Å². The standard InChI is InChI=1S/C26H22Cl2N4O4/c27-19-4-3-5-20(28)23(19)24(33)32-21(26(34)35)14-16-7-9-17(10-8-16)25-31-18(15-36-25)11-13-30-22-6-1-2-12-29-22/h1-10,12,15,21H,11,13-14H2,(H,29,30)(H,32,33)(H,34,35)/t21-/m0/s1. The Morgan fingerprint density at radius 1 is 1.00 bits per heavy atom. The molecule has 184 valence electrons. The number of carbonyl (C=O) groups excluding carboxylic acids is 1. The maximum atomic E-state index is 12.6. The Morgan fingerprint density at radius 2 is 1.75 bits per heavy atom. The summed E-state index contributed by atoms with van der Waals surface area (Å²) in [6.45, 7) is 0.656. The molecule has 0 aliphatic carbocycles. The summed E-state index contributed by atoms with van der Waals surface area (Å²) >= 11 is 12.1. The van der Waals surface area contributed by atoms with Crippen LogP contribution in [0.25, 0.3) is 11.5 Å². The van der Waals surface area contributed by atoms with Crippen LogP contribution in [0, 0.1) is 0 Å². The van der Waals surface area contributed by atoms with Gasteiger partial charge >= 0.3 is 5.97 Å². The van der Waals surface area contributed by atoms with Gasteiger partial charge < -0.3 is 20.2 Å². The molecular weight excluding hydrogens is 503 g/mol. The number of carboxylic acid groups (broad SMARTS) is 1. The van der Waals surface area contributed by atoms with Crippen LogP contribution in [0.3, 0.4) is 0 Å². The highest BCUT2D eigenvalue weighted by atomic mass is 35.5. The predicted molar refractivity (Wildman–Crippen MR) is 137 cm³/mol. The molecule has 1 atom stereocenters. The largest absolute Gasteiger partial charge is 0.480 e. The van der Waals surface area contributed by atoms with Gasteiger partial charge in [0, 0.05) is 31.1 Å². The number of pyridine rings is 1. The molecular formula is C26H22Cl2N4O4. The Balaban J connectivity index is 1.36. The summed E-state index contributed by atoms with van der Waals surface area (Å²) in [4.78, 5) is 33.1. The Hall–Kier alpha value is -3.88. The minimum Gasteiger partial charge on any atom is -0.480 e. The molecule has 0 bridgehead atoms. The van der Waals surface area contributed by atoms with Gasteiger partial charge in [-0.1, -0.05) is 47.5 Å². The molecule has 3 N–H and O–H groups in total. The van der Waals surface area contributed by atoms with Gasteiger partial charge in [0.1, 0.15) is 18.1 Å². The van der Waals surface area contributed by atoms with Gasteiger partial charge in [-0.2, -0.15) is 0 Å². The first-order valence-corrected chi connectivity index (χ1v) is 11.8. The van der Waals surface area contributed by atoms with Gasteiger partial charge in [-0.25, -0.2) is 14.8 Å². The van der Waals surface area contributed by atoms with Crippen molar-refractivity contribution in [2.24, 2.45) is 0 Å². The first-order chi connectivity index (χ1) is 17.4. The van der Waals surface area contributed by atoms with Crippen molar-refractivity contribution in [1.29, 1.82) is 0 Å². The van der Waals surface area contributed by atoms with Crippen molar-refractivity contribution < 1.29 is 19.1 Å². The molecule has 36 heavy (non-hydrogen) atoms. The Morgan fingerprint density at radius 3 is 2.42 bits per heavy atom. The summed E-state index contributed by atoms with van der Waals surface area (Å²) in [6.07, 6.45) is 4.06. The van der Waals surface area contributed by atoms with E-state index in [9.17, 15) is 14.7 Å². The summed E-state index contributed by atoms with van der Waals surface area (Å²) in [6, 6.07) is 16.3. The lowest BCUT2D eigenvalue weighted by molar-refractivity contribution is -0.139. The number of carbonyl (C=O) groups is 2. The lowest BCUT2D eigenvalue weighted by Gasteiger charge is -2.16. The fraction of sp³-hybridized carbons (Fsp3) is 0.154. The van der Waals surface area contributed by atoms with Crippen molar-refractivity contribution in [1.82, 2.24) is 15.3 Å². The number of hydrogen-bond acceptors (Lipinski definition) is 6. The van der Waals surface area contributed by atoms with Crippen LogP contribution in [0.5, 0.6) is 0 Å². The number of aliphatic carboxylic acids is 1. The number of halogens is 2. The Bertz CT molecular complexity index is 1320. The van der Waals surface area contributed by atoms with Crippen molar-refractivity contribution in [2.45, 2.75) is 18.9 Å². The highest BCUT2D eigenvalue weighted by Crippen LogP contribution is 2.24. The summed E-state index contributed by atoms with van der Waals surface area (Å²) in [5.74, 6) is -0.569. The second kappa shape index (κ2) is 11.7. The van der Waals surface area contributed by atoms with E-state index in [1.165, 1.54) is 12.1 Å². The molecule has 4 aromatic rings. The molecule has 0 aliphatic rings. The SMILES string of the molecule is O=C(N[C@@H](Cc1ccc(-c2nc(CCNc3ccccn3)co2)cc1)C(=O)O)c1c(Cl)cccc1Cl. The van der Waals surface area contributed by atoms with E-state index < -0.39 is 17.9 Å². The van der Waals surface area contributed by atoms with Crippen LogP contribution >= 0.6 is 23.2 Å². The predicted octanol–water partition coefficient (Wildman–Crippen LogP) is 5.12. The number of hydrogen-bond donors (Lipinski definition) is 3. The van der Waals surface area contributed by atoms with Gasteiger partial charge in [-0.3, -0.25) is 4.79 Å². The monoisotopic (exact) mass is 524 g/mol. The third kappa shape index (κ3) is 6.41. The van der Waals surface area contributed by atoms with Gasteiger partial charge in [0.05, 0.1) is 21.3 Å². The second-order valence-corrected chi connectivity index (χ2v) is 8.71. The topological polar surface area (TPSA) is 117 Å². The minimum atomic E-state index is -1.17. The number of oxazole rings is 1. The summed E-state index contributed by atoms with van der Waals surface area (Å²) in [5, 5.41) is 15.6. The molecule has 0 saturated carbocycles.